The molecule has 0 amide bonds. The number of thiophene rings is 1. The second-order valence-corrected chi connectivity index (χ2v) is 11.8. The summed E-state index contributed by atoms with van der Waals surface area (Å²) in [6.45, 7) is 3.92. The highest BCUT2D eigenvalue weighted by Crippen LogP contribution is 2.33. The highest BCUT2D eigenvalue weighted by atomic mass is 35.5. The molecule has 0 spiro atoms. The topological polar surface area (TPSA) is 69.9 Å². The number of nitrogens with zero attached hydrogens (tertiary/aromatic N) is 2. The number of carbonyl (C=O) groups is 1. The van der Waals surface area contributed by atoms with Crippen molar-refractivity contribution in [3.63, 3.8) is 0 Å². The van der Waals surface area contributed by atoms with E-state index in [0.29, 0.717) is 47.0 Å². The Labute approximate surface area is 247 Å². The van der Waals surface area contributed by atoms with Crippen LogP contribution in [0.2, 0.25) is 15.1 Å². The fourth-order valence-electron chi connectivity index (χ4n) is 4.21. The summed E-state index contributed by atoms with van der Waals surface area (Å²) in [6, 6.07) is 13.5. The minimum atomic E-state index is -0.635. The van der Waals surface area contributed by atoms with Gasteiger partial charge in [-0.2, -0.15) is 0 Å². The van der Waals surface area contributed by atoms with Crippen LogP contribution in [0.1, 0.15) is 35.9 Å². The molecule has 1 aliphatic rings. The summed E-state index contributed by atoms with van der Waals surface area (Å²) in [7, 11) is 0. The summed E-state index contributed by atoms with van der Waals surface area (Å²) < 4.78 is 13.4. The third-order valence-electron chi connectivity index (χ3n) is 5.99. The third-order valence-corrected chi connectivity index (χ3v) is 8.72. The lowest BCUT2D eigenvalue weighted by atomic mass is 10.0. The van der Waals surface area contributed by atoms with E-state index in [1.165, 1.54) is 22.7 Å². The smallest absolute Gasteiger partial charge is 0.338 e. The molecule has 0 radical (unpaired) electrons. The van der Waals surface area contributed by atoms with Gasteiger partial charge >= 0.3 is 5.97 Å². The Bertz CT molecular complexity index is 1770. The third kappa shape index (κ3) is 5.71. The first kappa shape index (κ1) is 27.7. The molecule has 0 unspecified atom stereocenters. The van der Waals surface area contributed by atoms with Gasteiger partial charge in [-0.25, -0.2) is 9.79 Å². The molecule has 200 valence electrons. The highest BCUT2D eigenvalue weighted by Gasteiger charge is 2.33. The van der Waals surface area contributed by atoms with Crippen molar-refractivity contribution in [2.45, 2.75) is 26.5 Å². The minimum absolute atomic E-state index is 0.195. The van der Waals surface area contributed by atoms with E-state index >= 15 is 0 Å². The molecule has 0 saturated heterocycles. The van der Waals surface area contributed by atoms with Gasteiger partial charge in [0.25, 0.3) is 5.56 Å². The first-order chi connectivity index (χ1) is 18.8. The number of thiazole rings is 1. The molecule has 0 saturated carbocycles. The van der Waals surface area contributed by atoms with Crippen molar-refractivity contribution in [2.24, 2.45) is 4.99 Å². The van der Waals surface area contributed by atoms with Crippen molar-refractivity contribution in [1.82, 2.24) is 4.57 Å². The van der Waals surface area contributed by atoms with Crippen molar-refractivity contribution >= 4 is 69.5 Å². The molecule has 1 aliphatic heterocycles. The van der Waals surface area contributed by atoms with Crippen molar-refractivity contribution in [1.29, 1.82) is 0 Å². The van der Waals surface area contributed by atoms with Crippen LogP contribution < -0.4 is 19.6 Å². The number of allylic oxidation sites excluding steroid dienone is 1. The van der Waals surface area contributed by atoms with Gasteiger partial charge in [0, 0.05) is 31.1 Å². The van der Waals surface area contributed by atoms with Gasteiger partial charge in [-0.05, 0) is 61.7 Å². The summed E-state index contributed by atoms with van der Waals surface area (Å²) >= 11 is 21.3. The van der Waals surface area contributed by atoms with Crippen LogP contribution in [0.5, 0.6) is 5.75 Å². The number of benzene rings is 2. The van der Waals surface area contributed by atoms with Crippen LogP contribution in [0.4, 0.5) is 0 Å². The van der Waals surface area contributed by atoms with Crippen LogP contribution in [0.15, 0.2) is 75.0 Å². The monoisotopic (exact) mass is 618 g/mol. The van der Waals surface area contributed by atoms with Crippen LogP contribution in [0, 0.1) is 0 Å². The number of hydrogen-bond acceptors (Lipinski definition) is 7. The predicted octanol–water partition coefficient (Wildman–Crippen LogP) is 6.40. The van der Waals surface area contributed by atoms with Gasteiger partial charge in [0.1, 0.15) is 18.4 Å². The van der Waals surface area contributed by atoms with E-state index in [1.54, 1.807) is 60.9 Å². The molecular formula is C28H21Cl3N2O4S2. The van der Waals surface area contributed by atoms with Crippen LogP contribution in [-0.2, 0) is 16.1 Å². The van der Waals surface area contributed by atoms with Crippen LogP contribution in [0.3, 0.4) is 0 Å². The standard InChI is InChI=1S/C28H21Cl3N2O4S2/c1-3-36-27(35)24-15(2)32-28-33(25(24)22-5-4-10-38-22)26(34)23(39-28)12-17-11-18(29)8-9-21(17)37-14-16-6-7-19(30)13-20(16)31/h4-13,25H,3,14H2,1-2H3/b23-12-/t25-/m0/s1. The maximum atomic E-state index is 13.8. The number of ether oxygens (including phenoxy) is 2. The minimum Gasteiger partial charge on any atom is -0.488 e. The van der Waals surface area contributed by atoms with E-state index in [2.05, 4.69) is 4.99 Å². The summed E-state index contributed by atoms with van der Waals surface area (Å²) in [6.07, 6.45) is 1.73. The fraction of sp³-hybridized carbons (Fsp3) is 0.179. The molecule has 2 aromatic heterocycles. The van der Waals surface area contributed by atoms with Gasteiger partial charge in [0.2, 0.25) is 0 Å². The lowest BCUT2D eigenvalue weighted by Crippen LogP contribution is -2.39. The predicted molar refractivity (Wildman–Crippen MR) is 157 cm³/mol. The number of rotatable bonds is 7. The molecule has 2 aromatic carbocycles. The molecule has 0 fully saturated rings. The summed E-state index contributed by atoms with van der Waals surface area (Å²) in [5, 5.41) is 3.43. The largest absolute Gasteiger partial charge is 0.488 e. The Kier molecular flexibility index (Phi) is 8.30. The molecule has 0 bridgehead atoms. The Morgan fingerprint density at radius 3 is 2.62 bits per heavy atom. The lowest BCUT2D eigenvalue weighted by molar-refractivity contribution is -0.139. The van der Waals surface area contributed by atoms with Gasteiger partial charge in [-0.3, -0.25) is 9.36 Å². The summed E-state index contributed by atoms with van der Waals surface area (Å²) in [5.74, 6) is 0.0345. The fourth-order valence-corrected chi connectivity index (χ4v) is 6.71. The Balaban J connectivity index is 1.59. The van der Waals surface area contributed by atoms with E-state index in [0.717, 1.165) is 10.4 Å². The summed E-state index contributed by atoms with van der Waals surface area (Å²) in [4.78, 5) is 32.7. The zero-order valence-electron chi connectivity index (χ0n) is 20.7. The Morgan fingerprint density at radius 2 is 1.90 bits per heavy atom. The average Bonchev–Trinajstić information content (AvgIpc) is 3.52. The zero-order chi connectivity index (χ0) is 27.7. The normalized spacial score (nSPS) is 15.2. The molecule has 0 aliphatic carbocycles. The molecular weight excluding hydrogens is 599 g/mol. The van der Waals surface area contributed by atoms with Crippen molar-refractivity contribution < 1.29 is 14.3 Å². The molecule has 1 atom stereocenters. The molecule has 39 heavy (non-hydrogen) atoms. The van der Waals surface area contributed by atoms with Gasteiger partial charge < -0.3 is 9.47 Å². The Morgan fingerprint density at radius 1 is 1.13 bits per heavy atom. The van der Waals surface area contributed by atoms with E-state index in [4.69, 9.17) is 44.3 Å². The van der Waals surface area contributed by atoms with Crippen LogP contribution >= 0.6 is 57.5 Å². The SMILES string of the molecule is CCOC(=O)C1=C(C)N=c2s/c(=C\c3cc(Cl)ccc3OCc3ccc(Cl)cc3Cl)c(=O)n2[C@H]1c1cccs1. The van der Waals surface area contributed by atoms with Crippen LogP contribution in [0.25, 0.3) is 6.08 Å². The number of aromatic nitrogens is 1. The zero-order valence-corrected chi connectivity index (χ0v) is 24.6. The second kappa shape index (κ2) is 11.7. The molecule has 3 heterocycles. The number of fused-ring (bicyclic) bond motifs is 1. The first-order valence-corrected chi connectivity index (χ1v) is 14.7. The van der Waals surface area contributed by atoms with Gasteiger partial charge in [0.05, 0.1) is 22.4 Å². The first-order valence-electron chi connectivity index (χ1n) is 11.9. The number of carbonyl (C=O) groups excluding carboxylic acids is 1. The summed E-state index contributed by atoms with van der Waals surface area (Å²) in [5.41, 5.74) is 1.97. The quantitative estimate of drug-likeness (QED) is 0.225. The number of esters is 1. The van der Waals surface area contributed by atoms with E-state index in [9.17, 15) is 9.59 Å². The van der Waals surface area contributed by atoms with E-state index in [-0.39, 0.29) is 18.8 Å². The van der Waals surface area contributed by atoms with Gasteiger partial charge in [-0.1, -0.05) is 58.3 Å². The van der Waals surface area contributed by atoms with Gasteiger partial charge in [-0.15, -0.1) is 11.3 Å². The average molecular weight is 620 g/mol. The van der Waals surface area contributed by atoms with Crippen LogP contribution in [-0.4, -0.2) is 17.1 Å². The molecule has 5 rings (SSSR count). The van der Waals surface area contributed by atoms with Gasteiger partial charge in [0.15, 0.2) is 4.80 Å². The maximum Gasteiger partial charge on any atom is 0.338 e. The van der Waals surface area contributed by atoms with Crippen molar-refractivity contribution in [3.8, 4) is 5.75 Å². The lowest BCUT2D eigenvalue weighted by Gasteiger charge is -2.23. The molecule has 11 heteroatoms. The van der Waals surface area contributed by atoms with E-state index in [1.807, 2.05) is 17.5 Å². The maximum absolute atomic E-state index is 13.8. The van der Waals surface area contributed by atoms with Crippen molar-refractivity contribution in [3.05, 3.63) is 116 Å². The molecule has 6 nitrogen and oxygen atoms in total. The number of hydrogen-bond donors (Lipinski definition) is 0. The number of halogens is 3. The van der Waals surface area contributed by atoms with Crippen molar-refractivity contribution in [2.75, 3.05) is 6.61 Å². The Hall–Kier alpha value is -2.88. The molecule has 4 aromatic rings. The molecule has 0 N–H and O–H groups in total. The highest BCUT2D eigenvalue weighted by molar-refractivity contribution is 7.10. The van der Waals surface area contributed by atoms with E-state index < -0.39 is 12.0 Å². The second-order valence-electron chi connectivity index (χ2n) is 8.52.